The van der Waals surface area contributed by atoms with Crippen LogP contribution >= 0.6 is 0 Å². The fourth-order valence-corrected chi connectivity index (χ4v) is 1.87. The molecule has 0 atom stereocenters. The van der Waals surface area contributed by atoms with Gasteiger partial charge in [-0.15, -0.1) is 0 Å². The molecule has 0 bridgehead atoms. The van der Waals surface area contributed by atoms with E-state index in [4.69, 9.17) is 5.73 Å². The second kappa shape index (κ2) is 7.16. The molecule has 0 radical (unpaired) electrons. The summed E-state index contributed by atoms with van der Waals surface area (Å²) in [6, 6.07) is 0. The van der Waals surface area contributed by atoms with Crippen LogP contribution in [0.3, 0.4) is 0 Å². The molecular formula is C13H25N5. The molecule has 5 heteroatoms. The van der Waals surface area contributed by atoms with Gasteiger partial charge in [0.1, 0.15) is 17.5 Å². The van der Waals surface area contributed by atoms with Gasteiger partial charge in [-0.1, -0.05) is 13.8 Å². The maximum absolute atomic E-state index is 5.82. The Bertz CT molecular complexity index is 374. The Morgan fingerprint density at radius 3 is 2.44 bits per heavy atom. The Balaban J connectivity index is 2.44. The predicted molar refractivity (Wildman–Crippen MR) is 76.8 cm³/mol. The number of rotatable bonds is 7. The Hall–Kier alpha value is -1.36. The van der Waals surface area contributed by atoms with Crippen molar-refractivity contribution < 1.29 is 0 Å². The summed E-state index contributed by atoms with van der Waals surface area (Å²) in [4.78, 5) is 10.9. The third-order valence-electron chi connectivity index (χ3n) is 3.13. The fourth-order valence-electron chi connectivity index (χ4n) is 1.87. The first kappa shape index (κ1) is 14.7. The minimum absolute atomic E-state index is 0.564. The van der Waals surface area contributed by atoms with E-state index in [1.165, 1.54) is 0 Å². The van der Waals surface area contributed by atoms with E-state index in [9.17, 15) is 0 Å². The number of anilines is 2. The molecule has 18 heavy (non-hydrogen) atoms. The number of hydrogen-bond donors (Lipinski definition) is 2. The molecule has 0 aliphatic heterocycles. The molecule has 0 fully saturated rings. The van der Waals surface area contributed by atoms with Crippen molar-refractivity contribution in [1.82, 2.24) is 14.9 Å². The maximum atomic E-state index is 5.82. The molecule has 0 unspecified atom stereocenters. The van der Waals surface area contributed by atoms with Crippen LogP contribution in [0.1, 0.15) is 31.7 Å². The number of nitrogens with one attached hydrogen (secondary N) is 1. The number of nitrogens with zero attached hydrogens (tertiary/aromatic N) is 3. The van der Waals surface area contributed by atoms with E-state index < -0.39 is 0 Å². The Labute approximate surface area is 110 Å². The van der Waals surface area contributed by atoms with E-state index in [1.807, 2.05) is 13.8 Å². The molecular weight excluding hydrogens is 226 g/mol. The highest BCUT2D eigenvalue weighted by Gasteiger charge is 2.06. The van der Waals surface area contributed by atoms with Gasteiger partial charge in [0.25, 0.3) is 0 Å². The van der Waals surface area contributed by atoms with Gasteiger partial charge in [-0.2, -0.15) is 0 Å². The molecule has 0 saturated heterocycles. The molecule has 3 N–H and O–H groups in total. The quantitative estimate of drug-likeness (QED) is 0.724. The van der Waals surface area contributed by atoms with Crippen molar-refractivity contribution >= 4 is 11.6 Å². The van der Waals surface area contributed by atoms with Crippen molar-refractivity contribution in [3.8, 4) is 0 Å². The summed E-state index contributed by atoms with van der Waals surface area (Å²) < 4.78 is 0. The Kier molecular flexibility index (Phi) is 5.85. The highest BCUT2D eigenvalue weighted by Crippen LogP contribution is 2.16. The van der Waals surface area contributed by atoms with E-state index in [0.29, 0.717) is 11.6 Å². The largest absolute Gasteiger partial charge is 0.383 e. The van der Waals surface area contributed by atoms with Gasteiger partial charge in [0, 0.05) is 12.1 Å². The molecule has 1 aromatic heterocycles. The second-order valence-electron chi connectivity index (χ2n) is 4.44. The van der Waals surface area contributed by atoms with E-state index in [1.54, 1.807) is 0 Å². The molecule has 0 saturated carbocycles. The summed E-state index contributed by atoms with van der Waals surface area (Å²) >= 11 is 0. The van der Waals surface area contributed by atoms with Crippen LogP contribution in [0.5, 0.6) is 0 Å². The van der Waals surface area contributed by atoms with Crippen molar-refractivity contribution in [3.63, 3.8) is 0 Å². The minimum atomic E-state index is 0.564. The zero-order valence-electron chi connectivity index (χ0n) is 12.0. The van der Waals surface area contributed by atoms with Crippen LogP contribution in [-0.2, 0) is 0 Å². The Morgan fingerprint density at radius 2 is 1.83 bits per heavy atom. The van der Waals surface area contributed by atoms with Crippen molar-refractivity contribution in [2.45, 2.75) is 34.1 Å². The van der Waals surface area contributed by atoms with Crippen LogP contribution in [0.15, 0.2) is 0 Å². The van der Waals surface area contributed by atoms with Crippen molar-refractivity contribution in [3.05, 3.63) is 11.4 Å². The van der Waals surface area contributed by atoms with Gasteiger partial charge in [0.05, 0.1) is 0 Å². The Morgan fingerprint density at radius 1 is 1.17 bits per heavy atom. The fraction of sp³-hybridized carbons (Fsp3) is 0.692. The first-order chi connectivity index (χ1) is 8.58. The van der Waals surface area contributed by atoms with E-state index >= 15 is 0 Å². The maximum Gasteiger partial charge on any atom is 0.134 e. The van der Waals surface area contributed by atoms with Crippen molar-refractivity contribution in [2.24, 2.45) is 0 Å². The van der Waals surface area contributed by atoms with E-state index in [0.717, 1.165) is 44.0 Å². The lowest BCUT2D eigenvalue weighted by atomic mass is 10.3. The molecule has 1 aromatic rings. The molecule has 0 aliphatic rings. The van der Waals surface area contributed by atoms with Crippen LogP contribution in [-0.4, -0.2) is 41.0 Å². The molecule has 1 heterocycles. The highest BCUT2D eigenvalue weighted by molar-refractivity contribution is 5.54. The van der Waals surface area contributed by atoms with E-state index in [2.05, 4.69) is 34.0 Å². The van der Waals surface area contributed by atoms with Crippen molar-refractivity contribution in [1.29, 1.82) is 0 Å². The van der Waals surface area contributed by atoms with Crippen LogP contribution in [0.4, 0.5) is 11.6 Å². The van der Waals surface area contributed by atoms with Gasteiger partial charge < -0.3 is 16.0 Å². The summed E-state index contributed by atoms with van der Waals surface area (Å²) in [5.41, 5.74) is 6.75. The van der Waals surface area contributed by atoms with Gasteiger partial charge >= 0.3 is 0 Å². The first-order valence-electron chi connectivity index (χ1n) is 6.65. The van der Waals surface area contributed by atoms with Gasteiger partial charge in [-0.3, -0.25) is 0 Å². The number of aryl methyl sites for hydroxylation is 1. The predicted octanol–water partition coefficient (Wildman–Crippen LogP) is 1.82. The van der Waals surface area contributed by atoms with Gasteiger partial charge in [0.15, 0.2) is 0 Å². The summed E-state index contributed by atoms with van der Waals surface area (Å²) in [5.74, 6) is 2.14. The van der Waals surface area contributed by atoms with Crippen molar-refractivity contribution in [2.75, 3.05) is 37.2 Å². The lowest BCUT2D eigenvalue weighted by Crippen LogP contribution is -2.25. The van der Waals surface area contributed by atoms with E-state index in [-0.39, 0.29) is 0 Å². The summed E-state index contributed by atoms with van der Waals surface area (Å²) in [7, 11) is 0. The third-order valence-corrected chi connectivity index (χ3v) is 3.13. The lowest BCUT2D eigenvalue weighted by molar-refractivity contribution is 0.303. The first-order valence-corrected chi connectivity index (χ1v) is 6.65. The average molecular weight is 251 g/mol. The smallest absolute Gasteiger partial charge is 0.134 e. The molecule has 0 aliphatic carbocycles. The molecule has 0 amide bonds. The average Bonchev–Trinajstić information content (AvgIpc) is 2.35. The van der Waals surface area contributed by atoms with Crippen LogP contribution < -0.4 is 11.1 Å². The van der Waals surface area contributed by atoms with Crippen LogP contribution in [0, 0.1) is 13.8 Å². The summed E-state index contributed by atoms with van der Waals surface area (Å²) in [6.45, 7) is 12.4. The van der Waals surface area contributed by atoms with Gasteiger partial charge in [-0.05, 0) is 39.9 Å². The van der Waals surface area contributed by atoms with Gasteiger partial charge in [-0.25, -0.2) is 9.97 Å². The molecule has 1 rings (SSSR count). The molecule has 0 spiro atoms. The third kappa shape index (κ3) is 4.14. The summed E-state index contributed by atoms with van der Waals surface area (Å²) in [6.07, 6.45) is 1.10. The topological polar surface area (TPSA) is 67.1 Å². The van der Waals surface area contributed by atoms with Crippen LogP contribution in [0.25, 0.3) is 0 Å². The number of nitrogens with two attached hydrogens (primary N) is 1. The SMILES string of the molecule is CCN(CC)CCCNc1nc(C)nc(N)c1C. The monoisotopic (exact) mass is 251 g/mol. The lowest BCUT2D eigenvalue weighted by Gasteiger charge is -2.18. The number of hydrogen-bond acceptors (Lipinski definition) is 5. The number of nitrogen functional groups attached to an aromatic ring is 1. The number of aromatic nitrogens is 2. The zero-order valence-corrected chi connectivity index (χ0v) is 12.0. The molecule has 0 aromatic carbocycles. The normalized spacial score (nSPS) is 10.9. The second-order valence-corrected chi connectivity index (χ2v) is 4.44. The molecule has 5 nitrogen and oxygen atoms in total. The zero-order chi connectivity index (χ0) is 13.5. The van der Waals surface area contributed by atoms with Crippen LogP contribution in [0.2, 0.25) is 0 Å². The highest BCUT2D eigenvalue weighted by atomic mass is 15.1. The standard InChI is InChI=1S/C13H25N5/c1-5-18(6-2)9-7-8-15-13-10(3)12(14)16-11(4)17-13/h5-9H2,1-4H3,(H3,14,15,16,17). The summed E-state index contributed by atoms with van der Waals surface area (Å²) in [5, 5.41) is 3.34. The molecule has 102 valence electrons. The minimum Gasteiger partial charge on any atom is -0.383 e. The van der Waals surface area contributed by atoms with Gasteiger partial charge in [0.2, 0.25) is 0 Å².